The van der Waals surface area contributed by atoms with Crippen LogP contribution in [0.5, 0.6) is 5.75 Å². The molecule has 0 N–H and O–H groups in total. The molecule has 0 aromatic heterocycles. The molecule has 2 heterocycles. The Bertz CT molecular complexity index is 909. The number of anilines is 2. The number of para-hydroxylation sites is 2. The van der Waals surface area contributed by atoms with E-state index in [0.717, 1.165) is 31.9 Å². The SMILES string of the molecule is COc1ccccc1N1C(=O)C[C@H](N(C)Cc2ccc(N3CCOCC3)cc2)C1=O. The van der Waals surface area contributed by atoms with Crippen LogP contribution in [0.4, 0.5) is 11.4 Å². The van der Waals surface area contributed by atoms with Crippen molar-refractivity contribution in [1.29, 1.82) is 0 Å². The van der Waals surface area contributed by atoms with Crippen LogP contribution >= 0.6 is 0 Å². The summed E-state index contributed by atoms with van der Waals surface area (Å²) >= 11 is 0. The van der Waals surface area contributed by atoms with Gasteiger partial charge in [-0.15, -0.1) is 0 Å². The molecule has 0 radical (unpaired) electrons. The normalized spacial score (nSPS) is 19.6. The maximum absolute atomic E-state index is 13.1. The number of hydrogen-bond acceptors (Lipinski definition) is 6. The van der Waals surface area contributed by atoms with Gasteiger partial charge in [-0.25, -0.2) is 4.90 Å². The molecular formula is C23H27N3O4. The van der Waals surface area contributed by atoms with Crippen molar-refractivity contribution in [3.8, 4) is 5.75 Å². The molecule has 158 valence electrons. The van der Waals surface area contributed by atoms with E-state index in [0.29, 0.717) is 18.0 Å². The highest BCUT2D eigenvalue weighted by Gasteiger charge is 2.42. The van der Waals surface area contributed by atoms with Crippen molar-refractivity contribution in [2.75, 3.05) is 50.3 Å². The number of imide groups is 1. The van der Waals surface area contributed by atoms with E-state index in [4.69, 9.17) is 9.47 Å². The van der Waals surface area contributed by atoms with Crippen molar-refractivity contribution in [1.82, 2.24) is 4.90 Å². The fourth-order valence-corrected chi connectivity index (χ4v) is 4.06. The standard InChI is InChI=1S/C23H27N3O4/c1-24(16-17-7-9-18(10-8-17)25-11-13-30-14-12-25)20-15-22(27)26(23(20)28)19-5-3-4-6-21(19)29-2/h3-10,20H,11-16H2,1-2H3/t20-/m0/s1. The van der Waals surface area contributed by atoms with E-state index in [1.165, 1.54) is 17.7 Å². The lowest BCUT2D eigenvalue weighted by molar-refractivity contribution is -0.122. The Balaban J connectivity index is 1.44. The molecule has 0 aliphatic carbocycles. The minimum absolute atomic E-state index is 0.166. The van der Waals surface area contributed by atoms with Crippen molar-refractivity contribution in [2.24, 2.45) is 0 Å². The number of ether oxygens (including phenoxy) is 2. The summed E-state index contributed by atoms with van der Waals surface area (Å²) in [5, 5.41) is 0. The van der Waals surface area contributed by atoms with Gasteiger partial charge in [0.15, 0.2) is 0 Å². The monoisotopic (exact) mass is 409 g/mol. The van der Waals surface area contributed by atoms with Gasteiger partial charge in [-0.05, 0) is 36.9 Å². The number of morpholine rings is 1. The molecule has 2 saturated heterocycles. The highest BCUT2D eigenvalue weighted by molar-refractivity contribution is 6.23. The van der Waals surface area contributed by atoms with Gasteiger partial charge < -0.3 is 14.4 Å². The molecule has 0 bridgehead atoms. The van der Waals surface area contributed by atoms with Crippen molar-refractivity contribution >= 4 is 23.2 Å². The zero-order valence-electron chi connectivity index (χ0n) is 17.4. The van der Waals surface area contributed by atoms with Crippen LogP contribution in [0.3, 0.4) is 0 Å². The van der Waals surface area contributed by atoms with E-state index in [9.17, 15) is 9.59 Å². The second kappa shape index (κ2) is 8.85. The molecule has 0 saturated carbocycles. The van der Waals surface area contributed by atoms with Crippen molar-refractivity contribution in [3.05, 3.63) is 54.1 Å². The summed E-state index contributed by atoms with van der Waals surface area (Å²) in [5.41, 5.74) is 2.78. The molecule has 1 atom stereocenters. The number of amides is 2. The van der Waals surface area contributed by atoms with E-state index in [1.807, 2.05) is 18.0 Å². The molecule has 0 spiro atoms. The zero-order valence-corrected chi connectivity index (χ0v) is 17.4. The van der Waals surface area contributed by atoms with E-state index < -0.39 is 6.04 Å². The van der Waals surface area contributed by atoms with Crippen LogP contribution in [0.1, 0.15) is 12.0 Å². The average Bonchev–Trinajstić information content (AvgIpc) is 3.08. The smallest absolute Gasteiger partial charge is 0.251 e. The van der Waals surface area contributed by atoms with Gasteiger partial charge in [0.1, 0.15) is 5.75 Å². The van der Waals surface area contributed by atoms with Crippen LogP contribution in [0.2, 0.25) is 0 Å². The predicted octanol–water partition coefficient (Wildman–Crippen LogP) is 2.30. The van der Waals surface area contributed by atoms with Gasteiger partial charge in [-0.1, -0.05) is 24.3 Å². The number of benzene rings is 2. The van der Waals surface area contributed by atoms with Crippen LogP contribution < -0.4 is 14.5 Å². The van der Waals surface area contributed by atoms with Gasteiger partial charge in [-0.2, -0.15) is 0 Å². The molecule has 4 rings (SSSR count). The molecule has 30 heavy (non-hydrogen) atoms. The average molecular weight is 409 g/mol. The number of likely N-dealkylation sites (N-methyl/N-ethyl adjacent to an activating group) is 1. The summed E-state index contributed by atoms with van der Waals surface area (Å²) in [7, 11) is 3.42. The number of nitrogens with zero attached hydrogens (tertiary/aromatic N) is 3. The lowest BCUT2D eigenvalue weighted by Crippen LogP contribution is -2.39. The van der Waals surface area contributed by atoms with Crippen LogP contribution in [-0.2, 0) is 20.9 Å². The fraction of sp³-hybridized carbons (Fsp3) is 0.391. The molecular weight excluding hydrogens is 382 g/mol. The molecule has 0 unspecified atom stereocenters. The molecule has 2 amide bonds. The van der Waals surface area contributed by atoms with Crippen molar-refractivity contribution < 1.29 is 19.1 Å². The van der Waals surface area contributed by atoms with Gasteiger partial charge in [0.2, 0.25) is 5.91 Å². The highest BCUT2D eigenvalue weighted by Crippen LogP contribution is 2.33. The zero-order chi connectivity index (χ0) is 21.1. The Morgan fingerprint density at radius 3 is 2.47 bits per heavy atom. The van der Waals surface area contributed by atoms with Gasteiger partial charge in [0, 0.05) is 25.3 Å². The first kappa shape index (κ1) is 20.4. The number of hydrogen-bond donors (Lipinski definition) is 0. The number of carbonyl (C=O) groups excluding carboxylic acids is 2. The fourth-order valence-electron chi connectivity index (χ4n) is 4.06. The molecule has 2 aromatic rings. The van der Waals surface area contributed by atoms with E-state index in [2.05, 4.69) is 29.2 Å². The van der Waals surface area contributed by atoms with Crippen molar-refractivity contribution in [3.63, 3.8) is 0 Å². The second-order valence-corrected chi connectivity index (χ2v) is 7.64. The number of methoxy groups -OCH3 is 1. The van der Waals surface area contributed by atoms with Crippen LogP contribution in [0.25, 0.3) is 0 Å². The maximum atomic E-state index is 13.1. The van der Waals surface area contributed by atoms with Gasteiger partial charge in [0.05, 0.1) is 38.5 Å². The Labute approximate surface area is 176 Å². The predicted molar refractivity (Wildman–Crippen MR) is 115 cm³/mol. The van der Waals surface area contributed by atoms with Gasteiger partial charge in [-0.3, -0.25) is 14.5 Å². The third-order valence-corrected chi connectivity index (χ3v) is 5.73. The Kier molecular flexibility index (Phi) is 6.01. The lowest BCUT2D eigenvalue weighted by atomic mass is 10.1. The molecule has 7 nitrogen and oxygen atoms in total. The lowest BCUT2D eigenvalue weighted by Gasteiger charge is -2.29. The third kappa shape index (κ3) is 4.04. The van der Waals surface area contributed by atoms with Crippen LogP contribution in [0, 0.1) is 0 Å². The maximum Gasteiger partial charge on any atom is 0.251 e. The minimum atomic E-state index is -0.485. The van der Waals surface area contributed by atoms with Crippen molar-refractivity contribution in [2.45, 2.75) is 19.0 Å². The Hall–Kier alpha value is -2.90. The number of rotatable bonds is 6. The first-order valence-electron chi connectivity index (χ1n) is 10.2. The summed E-state index contributed by atoms with van der Waals surface area (Å²) in [6.45, 7) is 3.90. The van der Waals surface area contributed by atoms with Crippen LogP contribution in [0.15, 0.2) is 48.5 Å². The highest BCUT2D eigenvalue weighted by atomic mass is 16.5. The molecule has 2 aromatic carbocycles. The van der Waals surface area contributed by atoms with Gasteiger partial charge in [0.25, 0.3) is 5.91 Å². The van der Waals surface area contributed by atoms with Crippen LogP contribution in [-0.4, -0.2) is 63.2 Å². The Morgan fingerprint density at radius 1 is 1.07 bits per heavy atom. The summed E-state index contributed by atoms with van der Waals surface area (Å²) in [6, 6.07) is 15.0. The number of carbonyl (C=O) groups is 2. The minimum Gasteiger partial charge on any atom is -0.495 e. The summed E-state index contributed by atoms with van der Waals surface area (Å²) < 4.78 is 10.7. The van der Waals surface area contributed by atoms with E-state index in [-0.39, 0.29) is 18.2 Å². The molecule has 2 aliphatic rings. The largest absolute Gasteiger partial charge is 0.495 e. The van der Waals surface area contributed by atoms with E-state index >= 15 is 0 Å². The Morgan fingerprint density at radius 2 is 1.77 bits per heavy atom. The first-order chi connectivity index (χ1) is 14.6. The first-order valence-corrected chi connectivity index (χ1v) is 10.2. The molecule has 2 aliphatic heterocycles. The van der Waals surface area contributed by atoms with Gasteiger partial charge >= 0.3 is 0 Å². The topological polar surface area (TPSA) is 62.3 Å². The third-order valence-electron chi connectivity index (χ3n) is 5.73. The summed E-state index contributed by atoms with van der Waals surface area (Å²) in [6.07, 6.45) is 0.166. The molecule has 7 heteroatoms. The summed E-state index contributed by atoms with van der Waals surface area (Å²) in [4.78, 5) is 31.2. The quantitative estimate of drug-likeness (QED) is 0.683. The van der Waals surface area contributed by atoms with E-state index in [1.54, 1.807) is 18.2 Å². The summed E-state index contributed by atoms with van der Waals surface area (Å²) in [5.74, 6) is 0.0992. The second-order valence-electron chi connectivity index (χ2n) is 7.64. The molecule has 2 fully saturated rings.